The van der Waals surface area contributed by atoms with Crippen LogP contribution in [0.15, 0.2) is 36.7 Å². The first-order valence-corrected chi connectivity index (χ1v) is 6.83. The first kappa shape index (κ1) is 11.9. The van der Waals surface area contributed by atoms with Crippen molar-refractivity contribution in [3.8, 4) is 0 Å². The maximum atomic E-state index is 5.80. The van der Waals surface area contributed by atoms with Crippen LogP contribution in [-0.2, 0) is 6.54 Å². The molecule has 96 valence electrons. The average molecular weight is 270 g/mol. The third-order valence-electron chi connectivity index (χ3n) is 2.93. The third-order valence-corrected chi connectivity index (χ3v) is 3.96. The quantitative estimate of drug-likeness (QED) is 0.717. The molecule has 0 unspecified atom stereocenters. The Balaban J connectivity index is 1.80. The molecule has 0 spiro atoms. The molecule has 3 rings (SSSR count). The fourth-order valence-electron chi connectivity index (χ4n) is 1.92. The SMILES string of the molecule is Cc1ccc(N)cc1NCc1cc2nccnc2s1. The first-order chi connectivity index (χ1) is 9.22. The topological polar surface area (TPSA) is 63.8 Å². The van der Waals surface area contributed by atoms with Crippen molar-refractivity contribution in [2.75, 3.05) is 11.1 Å². The number of aromatic nitrogens is 2. The highest BCUT2D eigenvalue weighted by Crippen LogP contribution is 2.24. The number of nitrogens with two attached hydrogens (primary N) is 1. The van der Waals surface area contributed by atoms with Gasteiger partial charge in [-0.1, -0.05) is 6.07 Å². The summed E-state index contributed by atoms with van der Waals surface area (Å²) < 4.78 is 0. The summed E-state index contributed by atoms with van der Waals surface area (Å²) in [5.41, 5.74) is 9.78. The van der Waals surface area contributed by atoms with Crippen LogP contribution in [0.5, 0.6) is 0 Å². The molecule has 0 radical (unpaired) electrons. The molecule has 3 aromatic rings. The molecule has 0 aliphatic heterocycles. The minimum atomic E-state index is 0.757. The number of nitrogens with zero attached hydrogens (tertiary/aromatic N) is 2. The average Bonchev–Trinajstić information content (AvgIpc) is 2.82. The highest BCUT2D eigenvalue weighted by Gasteiger charge is 2.04. The number of thiophene rings is 1. The predicted octanol–water partition coefficient (Wildman–Crippen LogP) is 3.19. The van der Waals surface area contributed by atoms with Gasteiger partial charge in [0.2, 0.25) is 0 Å². The summed E-state index contributed by atoms with van der Waals surface area (Å²) >= 11 is 1.66. The lowest BCUT2D eigenvalue weighted by Crippen LogP contribution is -2.00. The smallest absolute Gasteiger partial charge is 0.142 e. The van der Waals surface area contributed by atoms with E-state index in [0.29, 0.717) is 0 Å². The summed E-state index contributed by atoms with van der Waals surface area (Å²) in [7, 11) is 0. The standard InChI is InChI=1S/C14H14N4S/c1-9-2-3-10(15)6-12(9)18-8-11-7-13-14(19-11)17-5-4-16-13/h2-7,18H,8,15H2,1H3. The lowest BCUT2D eigenvalue weighted by molar-refractivity contribution is 1.18. The maximum absolute atomic E-state index is 5.80. The van der Waals surface area contributed by atoms with Crippen molar-refractivity contribution >= 4 is 33.1 Å². The summed E-state index contributed by atoms with van der Waals surface area (Å²) in [5.74, 6) is 0. The molecule has 2 heterocycles. The van der Waals surface area contributed by atoms with E-state index < -0.39 is 0 Å². The zero-order chi connectivity index (χ0) is 13.2. The Bertz CT molecular complexity index is 687. The van der Waals surface area contributed by atoms with Gasteiger partial charge in [-0.05, 0) is 30.7 Å². The Kier molecular flexibility index (Phi) is 3.05. The molecule has 4 nitrogen and oxygen atoms in total. The number of benzene rings is 1. The number of hydrogen-bond donors (Lipinski definition) is 2. The lowest BCUT2D eigenvalue weighted by atomic mass is 10.2. The molecule has 5 heteroatoms. The molecular formula is C14H14N4S. The predicted molar refractivity (Wildman–Crippen MR) is 80.3 cm³/mol. The second-order valence-corrected chi connectivity index (χ2v) is 5.50. The van der Waals surface area contributed by atoms with Crippen molar-refractivity contribution < 1.29 is 0 Å². The van der Waals surface area contributed by atoms with Gasteiger partial charge in [0.1, 0.15) is 10.3 Å². The van der Waals surface area contributed by atoms with Gasteiger partial charge in [0.15, 0.2) is 0 Å². The van der Waals surface area contributed by atoms with Gasteiger partial charge in [0.05, 0.1) is 0 Å². The number of nitrogens with one attached hydrogen (secondary N) is 1. The van der Waals surface area contributed by atoms with Crippen molar-refractivity contribution in [3.63, 3.8) is 0 Å². The Labute approximate surface area is 115 Å². The molecular weight excluding hydrogens is 256 g/mol. The van der Waals surface area contributed by atoms with Crippen molar-refractivity contribution in [2.24, 2.45) is 0 Å². The van der Waals surface area contributed by atoms with E-state index in [2.05, 4.69) is 28.3 Å². The van der Waals surface area contributed by atoms with Gasteiger partial charge in [0, 0.05) is 35.2 Å². The Morgan fingerprint density at radius 1 is 1.21 bits per heavy atom. The zero-order valence-corrected chi connectivity index (χ0v) is 11.4. The molecule has 0 aliphatic carbocycles. The molecule has 0 saturated heterocycles. The van der Waals surface area contributed by atoms with Gasteiger partial charge in [-0.25, -0.2) is 4.98 Å². The van der Waals surface area contributed by atoms with Crippen LogP contribution in [0.4, 0.5) is 11.4 Å². The molecule has 19 heavy (non-hydrogen) atoms. The van der Waals surface area contributed by atoms with Gasteiger partial charge in [-0.15, -0.1) is 11.3 Å². The molecule has 0 atom stereocenters. The molecule has 0 amide bonds. The highest BCUT2D eigenvalue weighted by atomic mass is 32.1. The van der Waals surface area contributed by atoms with Crippen LogP contribution in [0.2, 0.25) is 0 Å². The number of fused-ring (bicyclic) bond motifs is 1. The molecule has 0 bridgehead atoms. The molecule has 2 aromatic heterocycles. The molecule has 3 N–H and O–H groups in total. The van der Waals surface area contributed by atoms with E-state index in [1.807, 2.05) is 18.2 Å². The summed E-state index contributed by atoms with van der Waals surface area (Å²) in [6.45, 7) is 2.82. The zero-order valence-electron chi connectivity index (χ0n) is 10.6. The molecule has 0 fully saturated rings. The monoisotopic (exact) mass is 270 g/mol. The van der Waals surface area contributed by atoms with E-state index in [-0.39, 0.29) is 0 Å². The van der Waals surface area contributed by atoms with E-state index in [0.717, 1.165) is 28.3 Å². The van der Waals surface area contributed by atoms with Crippen molar-refractivity contribution in [2.45, 2.75) is 13.5 Å². The van der Waals surface area contributed by atoms with Gasteiger partial charge in [0.25, 0.3) is 0 Å². The van der Waals surface area contributed by atoms with E-state index in [4.69, 9.17) is 5.73 Å². The van der Waals surface area contributed by atoms with E-state index in [1.54, 1.807) is 23.7 Å². The fraction of sp³-hybridized carbons (Fsp3) is 0.143. The highest BCUT2D eigenvalue weighted by molar-refractivity contribution is 7.18. The van der Waals surface area contributed by atoms with Crippen LogP contribution in [0.25, 0.3) is 10.3 Å². The van der Waals surface area contributed by atoms with Crippen molar-refractivity contribution in [1.29, 1.82) is 0 Å². The van der Waals surface area contributed by atoms with Crippen LogP contribution in [0.1, 0.15) is 10.4 Å². The maximum Gasteiger partial charge on any atom is 0.142 e. The molecule has 0 saturated carbocycles. The summed E-state index contributed by atoms with van der Waals surface area (Å²) in [6.07, 6.45) is 3.44. The number of rotatable bonds is 3. The van der Waals surface area contributed by atoms with Crippen LogP contribution in [0.3, 0.4) is 0 Å². The lowest BCUT2D eigenvalue weighted by Gasteiger charge is -2.09. The van der Waals surface area contributed by atoms with Crippen LogP contribution >= 0.6 is 11.3 Å². The number of aryl methyl sites for hydroxylation is 1. The van der Waals surface area contributed by atoms with Crippen LogP contribution < -0.4 is 11.1 Å². The third kappa shape index (κ3) is 2.51. The second-order valence-electron chi connectivity index (χ2n) is 4.39. The molecule has 1 aromatic carbocycles. The van der Waals surface area contributed by atoms with Gasteiger partial charge < -0.3 is 11.1 Å². The Hall–Kier alpha value is -2.14. The van der Waals surface area contributed by atoms with Gasteiger partial charge in [-0.2, -0.15) is 0 Å². The largest absolute Gasteiger partial charge is 0.399 e. The summed E-state index contributed by atoms with van der Waals surface area (Å²) in [6, 6.07) is 7.96. The number of nitrogen functional groups attached to an aromatic ring is 1. The van der Waals surface area contributed by atoms with Crippen molar-refractivity contribution in [1.82, 2.24) is 9.97 Å². The van der Waals surface area contributed by atoms with E-state index in [9.17, 15) is 0 Å². The number of anilines is 2. The Morgan fingerprint density at radius 3 is 2.89 bits per heavy atom. The Morgan fingerprint density at radius 2 is 2.05 bits per heavy atom. The van der Waals surface area contributed by atoms with Crippen LogP contribution in [0, 0.1) is 6.92 Å². The van der Waals surface area contributed by atoms with E-state index in [1.165, 1.54) is 10.4 Å². The normalized spacial score (nSPS) is 10.8. The summed E-state index contributed by atoms with van der Waals surface area (Å²) in [5, 5.41) is 3.41. The van der Waals surface area contributed by atoms with Gasteiger partial charge >= 0.3 is 0 Å². The number of hydrogen-bond acceptors (Lipinski definition) is 5. The molecule has 0 aliphatic rings. The summed E-state index contributed by atoms with van der Waals surface area (Å²) in [4.78, 5) is 10.8. The van der Waals surface area contributed by atoms with Gasteiger partial charge in [-0.3, -0.25) is 4.98 Å². The fourth-order valence-corrected chi connectivity index (χ4v) is 2.81. The minimum absolute atomic E-state index is 0.757. The van der Waals surface area contributed by atoms with Crippen molar-refractivity contribution in [3.05, 3.63) is 47.1 Å². The minimum Gasteiger partial charge on any atom is -0.399 e. The first-order valence-electron chi connectivity index (χ1n) is 6.02. The second kappa shape index (κ2) is 4.85. The van der Waals surface area contributed by atoms with E-state index >= 15 is 0 Å². The van der Waals surface area contributed by atoms with Crippen LogP contribution in [-0.4, -0.2) is 9.97 Å².